The van der Waals surface area contributed by atoms with Gasteiger partial charge >= 0.3 is 5.97 Å². The van der Waals surface area contributed by atoms with Crippen molar-refractivity contribution < 1.29 is 19.5 Å². The third-order valence-electron chi connectivity index (χ3n) is 3.99. The predicted octanol–water partition coefficient (Wildman–Crippen LogP) is 0.764. The number of hydrogen-bond donors (Lipinski definition) is 3. The molecule has 6 heteroatoms. The van der Waals surface area contributed by atoms with Crippen molar-refractivity contribution >= 4 is 17.8 Å². The molecule has 6 nitrogen and oxygen atoms in total. The minimum Gasteiger partial charge on any atom is -0.481 e. The van der Waals surface area contributed by atoms with Crippen LogP contribution in [0.1, 0.15) is 40.0 Å². The van der Waals surface area contributed by atoms with E-state index in [0.717, 1.165) is 6.42 Å². The van der Waals surface area contributed by atoms with Gasteiger partial charge in [0.2, 0.25) is 11.8 Å². The molecular formula is C14H24N2O4. The van der Waals surface area contributed by atoms with Crippen LogP contribution in [-0.4, -0.2) is 35.5 Å². The van der Waals surface area contributed by atoms with E-state index < -0.39 is 23.8 Å². The van der Waals surface area contributed by atoms with E-state index in [4.69, 9.17) is 0 Å². The molecule has 20 heavy (non-hydrogen) atoms. The lowest BCUT2D eigenvalue weighted by atomic mass is 9.95. The highest BCUT2D eigenvalue weighted by Gasteiger charge is 2.42. The van der Waals surface area contributed by atoms with Crippen LogP contribution in [0.15, 0.2) is 0 Å². The number of hydrogen-bond acceptors (Lipinski definition) is 3. The Morgan fingerprint density at radius 3 is 2.30 bits per heavy atom. The van der Waals surface area contributed by atoms with Crippen LogP contribution in [0.3, 0.4) is 0 Å². The van der Waals surface area contributed by atoms with Crippen LogP contribution in [0.4, 0.5) is 0 Å². The number of carboxylic acids is 1. The maximum absolute atomic E-state index is 12.2. The molecule has 1 rings (SSSR count). The number of amides is 2. The summed E-state index contributed by atoms with van der Waals surface area (Å²) in [5, 5.41) is 14.5. The first-order chi connectivity index (χ1) is 9.40. The van der Waals surface area contributed by atoms with E-state index >= 15 is 0 Å². The summed E-state index contributed by atoms with van der Waals surface area (Å²) < 4.78 is 0. The van der Waals surface area contributed by atoms with Crippen LogP contribution in [0.2, 0.25) is 0 Å². The fourth-order valence-electron chi connectivity index (χ4n) is 2.75. The number of carbonyl (C=O) groups is 3. The fraction of sp³-hybridized carbons (Fsp3) is 0.786. The summed E-state index contributed by atoms with van der Waals surface area (Å²) in [5.41, 5.74) is 0. The molecule has 0 saturated heterocycles. The SMILES string of the molecule is CCNC(=O)C(C)NC(=O)[C@H]1CC(CC)C[C@H]1C(=O)O. The van der Waals surface area contributed by atoms with Crippen molar-refractivity contribution in [2.45, 2.75) is 46.1 Å². The zero-order chi connectivity index (χ0) is 15.3. The molecule has 0 radical (unpaired) electrons. The zero-order valence-electron chi connectivity index (χ0n) is 12.3. The van der Waals surface area contributed by atoms with Crippen LogP contribution in [0.25, 0.3) is 0 Å². The molecule has 2 amide bonds. The summed E-state index contributed by atoms with van der Waals surface area (Å²) in [6.45, 7) is 5.90. The van der Waals surface area contributed by atoms with Gasteiger partial charge in [0.1, 0.15) is 6.04 Å². The lowest BCUT2D eigenvalue weighted by Gasteiger charge is -2.19. The van der Waals surface area contributed by atoms with Crippen LogP contribution < -0.4 is 10.6 Å². The summed E-state index contributed by atoms with van der Waals surface area (Å²) >= 11 is 0. The minimum absolute atomic E-state index is 0.252. The highest BCUT2D eigenvalue weighted by Crippen LogP contribution is 2.38. The summed E-state index contributed by atoms with van der Waals surface area (Å²) in [6, 6.07) is -0.641. The highest BCUT2D eigenvalue weighted by molar-refractivity contribution is 5.90. The van der Waals surface area contributed by atoms with Crippen LogP contribution >= 0.6 is 0 Å². The van der Waals surface area contributed by atoms with Gasteiger partial charge in [-0.3, -0.25) is 14.4 Å². The number of likely N-dealkylation sites (N-methyl/N-ethyl adjacent to an activating group) is 1. The largest absolute Gasteiger partial charge is 0.481 e. The van der Waals surface area contributed by atoms with E-state index in [2.05, 4.69) is 10.6 Å². The van der Waals surface area contributed by atoms with E-state index in [1.165, 1.54) is 0 Å². The number of aliphatic carboxylic acids is 1. The first kappa shape index (κ1) is 16.5. The zero-order valence-corrected chi connectivity index (χ0v) is 12.3. The number of carbonyl (C=O) groups excluding carboxylic acids is 2. The summed E-state index contributed by atoms with van der Waals surface area (Å²) in [4.78, 5) is 35.0. The van der Waals surface area contributed by atoms with Crippen molar-refractivity contribution in [2.24, 2.45) is 17.8 Å². The van der Waals surface area contributed by atoms with Gasteiger partial charge in [-0.15, -0.1) is 0 Å². The summed E-state index contributed by atoms with van der Waals surface area (Å²) in [7, 11) is 0. The number of nitrogens with one attached hydrogen (secondary N) is 2. The Morgan fingerprint density at radius 2 is 1.80 bits per heavy atom. The monoisotopic (exact) mass is 284 g/mol. The Kier molecular flexibility index (Phi) is 5.98. The van der Waals surface area contributed by atoms with Gasteiger partial charge < -0.3 is 15.7 Å². The molecule has 0 bridgehead atoms. The summed E-state index contributed by atoms with van der Waals surface area (Å²) in [6.07, 6.45) is 2.00. The highest BCUT2D eigenvalue weighted by atomic mass is 16.4. The number of rotatable bonds is 6. The van der Waals surface area contributed by atoms with E-state index in [1.54, 1.807) is 13.8 Å². The first-order valence-corrected chi connectivity index (χ1v) is 7.21. The van der Waals surface area contributed by atoms with Crippen molar-refractivity contribution in [3.63, 3.8) is 0 Å². The van der Waals surface area contributed by atoms with Gasteiger partial charge in [-0.25, -0.2) is 0 Å². The van der Waals surface area contributed by atoms with Gasteiger partial charge in [-0.05, 0) is 32.6 Å². The Bertz CT molecular complexity index is 383. The van der Waals surface area contributed by atoms with Gasteiger partial charge in [0.15, 0.2) is 0 Å². The van der Waals surface area contributed by atoms with Crippen LogP contribution in [0.5, 0.6) is 0 Å². The van der Waals surface area contributed by atoms with Gasteiger partial charge in [-0.2, -0.15) is 0 Å². The van der Waals surface area contributed by atoms with E-state index in [9.17, 15) is 19.5 Å². The molecule has 0 heterocycles. The Morgan fingerprint density at radius 1 is 1.20 bits per heavy atom. The molecular weight excluding hydrogens is 260 g/mol. The second-order valence-electron chi connectivity index (χ2n) is 5.42. The Hall–Kier alpha value is -1.59. The normalized spacial score (nSPS) is 26.9. The van der Waals surface area contributed by atoms with E-state index in [0.29, 0.717) is 19.4 Å². The molecule has 0 aromatic carbocycles. The average molecular weight is 284 g/mol. The molecule has 1 aliphatic carbocycles. The molecule has 0 aliphatic heterocycles. The van der Waals surface area contributed by atoms with Crippen LogP contribution in [0, 0.1) is 17.8 Å². The Balaban J connectivity index is 2.65. The van der Waals surface area contributed by atoms with Gasteiger partial charge in [0, 0.05) is 6.54 Å². The predicted molar refractivity (Wildman–Crippen MR) is 73.9 cm³/mol. The van der Waals surface area contributed by atoms with Crippen molar-refractivity contribution in [3.05, 3.63) is 0 Å². The van der Waals surface area contributed by atoms with E-state index in [1.807, 2.05) is 6.92 Å². The molecule has 114 valence electrons. The fourth-order valence-corrected chi connectivity index (χ4v) is 2.75. The van der Waals surface area contributed by atoms with E-state index in [-0.39, 0.29) is 17.7 Å². The lowest BCUT2D eigenvalue weighted by Crippen LogP contribution is -2.47. The molecule has 2 unspecified atom stereocenters. The average Bonchev–Trinajstić information content (AvgIpc) is 2.83. The smallest absolute Gasteiger partial charge is 0.307 e. The lowest BCUT2D eigenvalue weighted by molar-refractivity contribution is -0.146. The molecule has 3 N–H and O–H groups in total. The third kappa shape index (κ3) is 3.95. The third-order valence-corrected chi connectivity index (χ3v) is 3.99. The van der Waals surface area contributed by atoms with Gasteiger partial charge in [0.25, 0.3) is 0 Å². The van der Waals surface area contributed by atoms with Crippen molar-refractivity contribution in [1.29, 1.82) is 0 Å². The van der Waals surface area contributed by atoms with Crippen LogP contribution in [-0.2, 0) is 14.4 Å². The molecule has 0 spiro atoms. The second-order valence-corrected chi connectivity index (χ2v) is 5.42. The Labute approximate surface area is 119 Å². The molecule has 1 fully saturated rings. The van der Waals surface area contributed by atoms with Crippen molar-refractivity contribution in [1.82, 2.24) is 10.6 Å². The minimum atomic E-state index is -0.924. The quantitative estimate of drug-likeness (QED) is 0.671. The van der Waals surface area contributed by atoms with Crippen molar-refractivity contribution in [2.75, 3.05) is 6.54 Å². The number of carboxylic acid groups (broad SMARTS) is 1. The maximum Gasteiger partial charge on any atom is 0.307 e. The molecule has 1 aliphatic rings. The maximum atomic E-state index is 12.2. The van der Waals surface area contributed by atoms with Gasteiger partial charge in [-0.1, -0.05) is 13.3 Å². The molecule has 1 saturated carbocycles. The second kappa shape index (κ2) is 7.26. The van der Waals surface area contributed by atoms with Gasteiger partial charge in [0.05, 0.1) is 11.8 Å². The van der Waals surface area contributed by atoms with Crippen molar-refractivity contribution in [3.8, 4) is 0 Å². The molecule has 4 atom stereocenters. The topological polar surface area (TPSA) is 95.5 Å². The summed E-state index contributed by atoms with van der Waals surface area (Å²) in [5.74, 6) is -2.40. The first-order valence-electron chi connectivity index (χ1n) is 7.21. The molecule has 0 aromatic heterocycles. The standard InChI is InChI=1S/C14H24N2O4/c1-4-9-6-10(11(7-9)14(19)20)13(18)16-8(3)12(17)15-5-2/h8-11H,4-7H2,1-3H3,(H,15,17)(H,16,18)(H,19,20)/t8?,9?,10-,11+/m0/s1. The molecule has 0 aromatic rings.